The maximum absolute atomic E-state index is 15.0. The Morgan fingerprint density at radius 3 is 1.76 bits per heavy atom. The van der Waals surface area contributed by atoms with Gasteiger partial charge in [0.05, 0.1) is 19.1 Å². The number of benzene rings is 2. The number of phenolic OH excluding ortho intramolecular Hbond substituents is 1. The lowest BCUT2D eigenvalue weighted by atomic mass is 9.96. The van der Waals surface area contributed by atoms with Crippen LogP contribution in [0.4, 0.5) is 0 Å². The van der Waals surface area contributed by atoms with E-state index >= 15 is 0 Å². The van der Waals surface area contributed by atoms with E-state index in [4.69, 9.17) is 45.9 Å². The van der Waals surface area contributed by atoms with Crippen molar-refractivity contribution < 1.29 is 57.8 Å². The second kappa shape index (κ2) is 38.8. The van der Waals surface area contributed by atoms with Crippen LogP contribution in [0.2, 0.25) is 0 Å². The maximum atomic E-state index is 15.0. The molecule has 10 atom stereocenters. The number of carbonyl (C=O) groups is 11. The van der Waals surface area contributed by atoms with Crippen LogP contribution in [0, 0.1) is 5.92 Å². The maximum Gasteiger partial charge on any atom is 0.245 e. The zero-order valence-corrected chi connectivity index (χ0v) is 55.0. The van der Waals surface area contributed by atoms with Crippen LogP contribution in [-0.2, 0) is 65.6 Å². The van der Waals surface area contributed by atoms with Gasteiger partial charge in [-0.3, -0.25) is 67.7 Å². The van der Waals surface area contributed by atoms with Crippen molar-refractivity contribution in [3.8, 4) is 5.75 Å². The second-order valence-electron chi connectivity index (χ2n) is 23.2. The Balaban J connectivity index is 1.77. The summed E-state index contributed by atoms with van der Waals surface area (Å²) in [7, 11) is 1.96. The summed E-state index contributed by atoms with van der Waals surface area (Å²) < 4.78 is -1.31. The molecule has 2 aromatic rings. The first-order valence-corrected chi connectivity index (χ1v) is 33.1. The number of phenols is 1. The molecule has 0 saturated carbocycles. The molecule has 4 rings (SSSR count). The highest BCUT2D eigenvalue weighted by atomic mass is 33.1. The molecule has 518 valence electrons. The number of aliphatic imine (C=N–C) groups is 3. The summed E-state index contributed by atoms with van der Waals surface area (Å²) in [5.74, 6) is -10.7. The molecule has 26 N–H and O–H groups in total. The molecule has 0 spiro atoms. The third-order valence-corrected chi connectivity index (χ3v) is 18.6. The molecule has 0 aliphatic carbocycles. The average Bonchev–Trinajstić information content (AvgIpc) is 1.51. The number of nitrogens with two attached hydrogens (primary N) is 8. The number of aromatic hydroxyl groups is 1. The van der Waals surface area contributed by atoms with Gasteiger partial charge in [0.1, 0.15) is 54.1 Å². The minimum absolute atomic E-state index is 0.00330. The van der Waals surface area contributed by atoms with Crippen molar-refractivity contribution in [3.63, 3.8) is 0 Å². The highest BCUT2D eigenvalue weighted by Crippen LogP contribution is 2.39. The third-order valence-electron chi connectivity index (χ3n) is 15.3. The minimum Gasteiger partial charge on any atom is -0.508 e. The number of hydrogen-bond donors (Lipinski definition) is 18. The van der Waals surface area contributed by atoms with E-state index in [0.717, 1.165) is 21.6 Å². The zero-order chi connectivity index (χ0) is 69.7. The van der Waals surface area contributed by atoms with Gasteiger partial charge in [0.2, 0.25) is 65.0 Å². The fourth-order valence-corrected chi connectivity index (χ4v) is 12.8. The Morgan fingerprint density at radius 1 is 0.660 bits per heavy atom. The minimum atomic E-state index is -1.59. The van der Waals surface area contributed by atoms with Crippen LogP contribution in [0.1, 0.15) is 96.6 Å². The van der Waals surface area contributed by atoms with Crippen LogP contribution in [0.5, 0.6) is 5.75 Å². The molecular weight excluding hydrogens is 1260 g/mol. The van der Waals surface area contributed by atoms with Gasteiger partial charge in [0.15, 0.2) is 17.9 Å². The Hall–Kier alpha value is -9.12. The predicted molar refractivity (Wildman–Crippen MR) is 357 cm³/mol. The van der Waals surface area contributed by atoms with E-state index in [2.05, 4.69) is 62.8 Å². The smallest absolute Gasteiger partial charge is 0.245 e. The van der Waals surface area contributed by atoms with Gasteiger partial charge in [-0.25, -0.2) is 0 Å². The number of carbonyl (C=O) groups excluding carboxylic acids is 11. The molecule has 0 bridgehead atoms. The molecule has 35 heteroatoms. The predicted octanol–water partition coefficient (Wildman–Crippen LogP) is -5.01. The fraction of sp³-hybridized carbons (Fsp3) is 0.559. The van der Waals surface area contributed by atoms with E-state index in [-0.39, 0.29) is 113 Å². The van der Waals surface area contributed by atoms with E-state index in [1.54, 1.807) is 70.2 Å². The SMILES string of the molecule is CC[C@H](C)[C@@H]1NC(=O)[C@H](CCCN=C(N)N)NC(=O)[C@H](CCCN=C(N)N)NC(=O)[C@H](NC(=O)[C@H](Cc2ccccc2)NC(=O)CNC(=O)CNC(=O)[C@@H](N)Cc2ccc(O)cc2)CSSC(C)(C)[C@@H](C(N)=O)NC(=O)[C@@H]2CCCN2C(=O)[C@H](CCCN=C(N)N)NC1=O. The summed E-state index contributed by atoms with van der Waals surface area (Å²) >= 11 is 0. The number of nitrogens with zero attached hydrogens (tertiary/aromatic N) is 4. The van der Waals surface area contributed by atoms with Gasteiger partial charge in [-0.15, -0.1) is 0 Å². The zero-order valence-electron chi connectivity index (χ0n) is 53.4. The Bertz CT molecular complexity index is 3020. The van der Waals surface area contributed by atoms with Crippen molar-refractivity contribution in [2.24, 2.45) is 66.8 Å². The molecule has 2 aliphatic rings. The van der Waals surface area contributed by atoms with Crippen LogP contribution < -0.4 is 93.7 Å². The van der Waals surface area contributed by atoms with Crippen LogP contribution in [0.3, 0.4) is 0 Å². The largest absolute Gasteiger partial charge is 0.508 e. The van der Waals surface area contributed by atoms with Gasteiger partial charge in [-0.1, -0.05) is 84.3 Å². The summed E-state index contributed by atoms with van der Waals surface area (Å²) in [6.45, 7) is 5.52. The first-order chi connectivity index (χ1) is 44.5. The van der Waals surface area contributed by atoms with Crippen molar-refractivity contribution in [1.29, 1.82) is 0 Å². The summed E-state index contributed by atoms with van der Waals surface area (Å²) in [6.07, 6.45) is 0.825. The molecule has 33 nitrogen and oxygen atoms in total. The lowest BCUT2D eigenvalue weighted by Gasteiger charge is -2.34. The lowest BCUT2D eigenvalue weighted by molar-refractivity contribution is -0.143. The van der Waals surface area contributed by atoms with Gasteiger partial charge >= 0.3 is 0 Å². The molecule has 0 radical (unpaired) electrons. The number of rotatable bonds is 27. The van der Waals surface area contributed by atoms with Gasteiger partial charge in [0.25, 0.3) is 0 Å². The average molecular weight is 1350 g/mol. The Labute approximate surface area is 553 Å². The lowest BCUT2D eigenvalue weighted by Crippen LogP contribution is -2.61. The van der Waals surface area contributed by atoms with Crippen molar-refractivity contribution in [2.45, 2.75) is 157 Å². The highest BCUT2D eigenvalue weighted by Gasteiger charge is 2.44. The molecule has 0 aromatic heterocycles. The van der Waals surface area contributed by atoms with Crippen molar-refractivity contribution >= 4 is 104 Å². The monoisotopic (exact) mass is 1350 g/mol. The van der Waals surface area contributed by atoms with Gasteiger partial charge < -0.3 is 104 Å². The summed E-state index contributed by atoms with van der Waals surface area (Å²) in [5, 5.41) is 33.4. The van der Waals surface area contributed by atoms with E-state index in [0.29, 0.717) is 24.0 Å². The van der Waals surface area contributed by atoms with Crippen LogP contribution in [-0.4, -0.2) is 197 Å². The number of hydrogen-bond acceptors (Lipinski definition) is 18. The van der Waals surface area contributed by atoms with Crippen LogP contribution in [0.15, 0.2) is 69.6 Å². The summed E-state index contributed by atoms with van der Waals surface area (Å²) in [5.41, 5.74) is 46.9. The number of amides is 11. The molecule has 2 aromatic carbocycles. The summed E-state index contributed by atoms with van der Waals surface area (Å²) in [6, 6.07) is 2.28. The molecular formula is C59H93N21O12S2. The summed E-state index contributed by atoms with van der Waals surface area (Å²) in [4.78, 5) is 169. The topological polar surface area (TPSA) is 565 Å². The van der Waals surface area contributed by atoms with Crippen molar-refractivity contribution in [2.75, 3.05) is 45.0 Å². The first-order valence-electron chi connectivity index (χ1n) is 30.8. The van der Waals surface area contributed by atoms with E-state index in [1.807, 2.05) is 0 Å². The van der Waals surface area contributed by atoms with E-state index in [1.165, 1.54) is 17.0 Å². The van der Waals surface area contributed by atoms with E-state index in [9.17, 15) is 57.8 Å². The molecule has 2 fully saturated rings. The molecule has 2 heterocycles. The molecule has 11 amide bonds. The Morgan fingerprint density at radius 2 is 1.19 bits per heavy atom. The fourth-order valence-electron chi connectivity index (χ4n) is 9.98. The first kappa shape index (κ1) is 77.3. The van der Waals surface area contributed by atoms with E-state index < -0.39 is 143 Å². The number of nitrogens with one attached hydrogen (secondary N) is 9. The third kappa shape index (κ3) is 26.5. The normalized spacial score (nSPS) is 21.7. The quantitative estimate of drug-likeness (QED) is 0.0172. The van der Waals surface area contributed by atoms with Crippen LogP contribution >= 0.6 is 21.6 Å². The molecule has 94 heavy (non-hydrogen) atoms. The van der Waals surface area contributed by atoms with Gasteiger partial charge in [-0.2, -0.15) is 0 Å². The van der Waals surface area contributed by atoms with Gasteiger partial charge in [-0.05, 0) is 101 Å². The molecule has 2 saturated heterocycles. The number of primary amides is 1. The second-order valence-corrected chi connectivity index (χ2v) is 26.2. The van der Waals surface area contributed by atoms with Crippen LogP contribution in [0.25, 0.3) is 0 Å². The Kier molecular flexibility index (Phi) is 31.9. The highest BCUT2D eigenvalue weighted by molar-refractivity contribution is 8.77. The molecule has 2 aliphatic heterocycles. The number of guanidine groups is 3. The number of fused-ring (bicyclic) bond motifs is 1. The van der Waals surface area contributed by atoms with Crippen molar-refractivity contribution in [1.82, 2.24) is 52.8 Å². The molecule has 0 unspecified atom stereocenters. The van der Waals surface area contributed by atoms with Gasteiger partial charge in [0, 0.05) is 43.1 Å². The van der Waals surface area contributed by atoms with Crippen molar-refractivity contribution in [3.05, 3.63) is 65.7 Å². The standard InChI is InChI=1S/C59H93N21O12S2/c1-5-32(2)45-54(91)76-39(17-11-25-70-58(66)67)55(92)80-26-12-18-42(80)53(90)79-46(47(61)84)59(3,4)94-93-31-41(52(89)75-37(15-9-23-68-56(62)63)49(86)74-38(50(87)78-45)16-10-24-69-57(64)65)77-51(88)40(28-33-13-7-6-8-14-33)73-44(83)30-71-43(82)29-72-48(85)36(60)27-34-19-21-35(81)22-20-34/h6-8,13-14,19-22,32,36-42,45-46,81H,5,9-12,15-18,23-31,60H2,1-4H3,(H2,61,84)(H,71,82)(H,72,85)(H,73,83)(H,74,86)(H,75,89)(H,76,91)(H,77,88)(H,78,87)(H,79,90)(H4,62,63,68)(H4,64,65,69)(H4,66,67,70)/t32-,36-,37-,38-,39-,40-,41+,42-,45-,46+/m0/s1.